The van der Waals surface area contributed by atoms with Gasteiger partial charge >= 0.3 is 5.69 Å². The highest BCUT2D eigenvalue weighted by molar-refractivity contribution is 5.49. The van der Waals surface area contributed by atoms with E-state index in [0.29, 0.717) is 12.4 Å². The van der Waals surface area contributed by atoms with Crippen molar-refractivity contribution in [3.05, 3.63) is 45.5 Å². The van der Waals surface area contributed by atoms with Crippen LogP contribution in [-0.4, -0.2) is 32.3 Å². The van der Waals surface area contributed by atoms with E-state index in [2.05, 4.69) is 15.4 Å². The van der Waals surface area contributed by atoms with Gasteiger partial charge in [0.05, 0.1) is 18.1 Å². The highest BCUT2D eigenvalue weighted by atomic mass is 16.6. The first-order chi connectivity index (χ1) is 12.0. The number of nitro benzene ring substituents is 1. The Balaban J connectivity index is 1.72. The molecule has 0 spiro atoms. The van der Waals surface area contributed by atoms with Crippen LogP contribution in [0.1, 0.15) is 43.5 Å². The summed E-state index contributed by atoms with van der Waals surface area (Å²) in [6.45, 7) is 6.89. The average molecular weight is 345 g/mol. The SMILES string of the molecule is CCOc1ccc(C(C)NC2CCc3nc(C)nn3C2)cc1[N+](=O)[O-]. The van der Waals surface area contributed by atoms with Crippen molar-refractivity contribution in [2.45, 2.75) is 52.2 Å². The lowest BCUT2D eigenvalue weighted by Gasteiger charge is -2.27. The van der Waals surface area contributed by atoms with E-state index < -0.39 is 4.92 Å². The smallest absolute Gasteiger partial charge is 0.311 e. The van der Waals surface area contributed by atoms with Gasteiger partial charge in [-0.05, 0) is 38.8 Å². The largest absolute Gasteiger partial charge is 0.487 e. The van der Waals surface area contributed by atoms with Crippen LogP contribution >= 0.6 is 0 Å². The number of hydrogen-bond donors (Lipinski definition) is 1. The molecule has 0 amide bonds. The van der Waals surface area contributed by atoms with Gasteiger partial charge in [0.25, 0.3) is 0 Å². The summed E-state index contributed by atoms with van der Waals surface area (Å²) < 4.78 is 7.29. The lowest BCUT2D eigenvalue weighted by atomic mass is 10.0. The number of benzene rings is 1. The minimum atomic E-state index is -0.397. The summed E-state index contributed by atoms with van der Waals surface area (Å²) in [5.74, 6) is 2.13. The second-order valence-corrected chi connectivity index (χ2v) is 6.30. The highest BCUT2D eigenvalue weighted by Gasteiger charge is 2.24. The number of hydrogen-bond acceptors (Lipinski definition) is 6. The molecule has 8 nitrogen and oxygen atoms in total. The van der Waals surface area contributed by atoms with Crippen LogP contribution in [-0.2, 0) is 13.0 Å². The van der Waals surface area contributed by atoms with Crippen molar-refractivity contribution >= 4 is 5.69 Å². The molecular weight excluding hydrogens is 322 g/mol. The van der Waals surface area contributed by atoms with Gasteiger partial charge in [0.1, 0.15) is 11.6 Å². The fourth-order valence-electron chi connectivity index (χ4n) is 3.24. The zero-order valence-corrected chi connectivity index (χ0v) is 14.7. The Hall–Kier alpha value is -2.48. The lowest BCUT2D eigenvalue weighted by molar-refractivity contribution is -0.385. The first-order valence-corrected chi connectivity index (χ1v) is 8.55. The number of nitro groups is 1. The Kier molecular flexibility index (Phi) is 4.98. The quantitative estimate of drug-likeness (QED) is 0.638. The Bertz CT molecular complexity index is 774. The summed E-state index contributed by atoms with van der Waals surface area (Å²) in [5.41, 5.74) is 0.876. The number of nitrogens with zero attached hydrogens (tertiary/aromatic N) is 4. The van der Waals surface area contributed by atoms with Gasteiger partial charge in [-0.25, -0.2) is 9.67 Å². The Morgan fingerprint density at radius 1 is 1.52 bits per heavy atom. The van der Waals surface area contributed by atoms with Gasteiger partial charge in [-0.2, -0.15) is 5.10 Å². The first-order valence-electron chi connectivity index (χ1n) is 8.55. The predicted octanol–water partition coefficient (Wildman–Crippen LogP) is 2.56. The molecule has 2 aromatic rings. The van der Waals surface area contributed by atoms with E-state index >= 15 is 0 Å². The van der Waals surface area contributed by atoms with Gasteiger partial charge in [0.15, 0.2) is 5.75 Å². The van der Waals surface area contributed by atoms with Crippen LogP contribution in [0.25, 0.3) is 0 Å². The van der Waals surface area contributed by atoms with Crippen molar-refractivity contribution < 1.29 is 9.66 Å². The fourth-order valence-corrected chi connectivity index (χ4v) is 3.24. The van der Waals surface area contributed by atoms with E-state index in [4.69, 9.17) is 4.74 Å². The maximum absolute atomic E-state index is 11.3. The second-order valence-electron chi connectivity index (χ2n) is 6.30. The number of rotatable bonds is 6. The Morgan fingerprint density at radius 3 is 3.04 bits per heavy atom. The van der Waals surface area contributed by atoms with Crippen LogP contribution in [0, 0.1) is 17.0 Å². The molecule has 0 saturated carbocycles. The average Bonchev–Trinajstić information content (AvgIpc) is 2.94. The molecule has 1 aromatic carbocycles. The molecule has 3 rings (SSSR count). The maximum atomic E-state index is 11.3. The molecule has 2 heterocycles. The van der Waals surface area contributed by atoms with Crippen molar-refractivity contribution in [1.82, 2.24) is 20.1 Å². The van der Waals surface area contributed by atoms with Gasteiger partial charge in [-0.3, -0.25) is 10.1 Å². The lowest BCUT2D eigenvalue weighted by Crippen LogP contribution is -2.39. The van der Waals surface area contributed by atoms with E-state index in [-0.39, 0.29) is 17.8 Å². The zero-order valence-electron chi connectivity index (χ0n) is 14.7. The number of fused-ring (bicyclic) bond motifs is 1. The standard InChI is InChI=1S/C17H23N5O3/c1-4-25-16-7-5-13(9-15(16)22(23)24)11(2)18-14-6-8-17-19-12(3)20-21(17)10-14/h5,7,9,11,14,18H,4,6,8,10H2,1-3H3. The summed E-state index contributed by atoms with van der Waals surface area (Å²) in [6.07, 6.45) is 1.86. The number of aryl methyl sites for hydroxylation is 2. The summed E-state index contributed by atoms with van der Waals surface area (Å²) >= 11 is 0. The summed E-state index contributed by atoms with van der Waals surface area (Å²) in [5, 5.41) is 19.2. The summed E-state index contributed by atoms with van der Waals surface area (Å²) in [6, 6.07) is 5.40. The van der Waals surface area contributed by atoms with Gasteiger partial charge < -0.3 is 10.1 Å². The predicted molar refractivity (Wildman–Crippen MR) is 92.7 cm³/mol. The fraction of sp³-hybridized carbons (Fsp3) is 0.529. The zero-order chi connectivity index (χ0) is 18.0. The molecule has 0 fully saturated rings. The highest BCUT2D eigenvalue weighted by Crippen LogP contribution is 2.30. The first kappa shape index (κ1) is 17.3. The van der Waals surface area contributed by atoms with Gasteiger partial charge in [0.2, 0.25) is 0 Å². The molecule has 1 aliphatic heterocycles. The van der Waals surface area contributed by atoms with Gasteiger partial charge in [-0.1, -0.05) is 6.07 Å². The van der Waals surface area contributed by atoms with Crippen molar-refractivity contribution in [3.8, 4) is 5.75 Å². The van der Waals surface area contributed by atoms with E-state index in [1.807, 2.05) is 31.5 Å². The van der Waals surface area contributed by atoms with E-state index in [9.17, 15) is 10.1 Å². The topological polar surface area (TPSA) is 95.1 Å². The van der Waals surface area contributed by atoms with Crippen LogP contribution in [0.3, 0.4) is 0 Å². The van der Waals surface area contributed by atoms with Crippen LogP contribution in [0.5, 0.6) is 5.75 Å². The molecule has 0 aliphatic carbocycles. The molecule has 8 heteroatoms. The molecule has 0 bridgehead atoms. The van der Waals surface area contributed by atoms with E-state index in [0.717, 1.165) is 36.6 Å². The normalized spacial score (nSPS) is 17.8. The number of aromatic nitrogens is 3. The summed E-state index contributed by atoms with van der Waals surface area (Å²) in [4.78, 5) is 15.3. The molecule has 0 radical (unpaired) electrons. The van der Waals surface area contributed by atoms with Crippen molar-refractivity contribution in [1.29, 1.82) is 0 Å². The summed E-state index contributed by atoms with van der Waals surface area (Å²) in [7, 11) is 0. The Morgan fingerprint density at radius 2 is 2.32 bits per heavy atom. The number of ether oxygens (including phenoxy) is 1. The molecule has 1 aliphatic rings. The van der Waals surface area contributed by atoms with Crippen LogP contribution < -0.4 is 10.1 Å². The van der Waals surface area contributed by atoms with Gasteiger partial charge in [0, 0.05) is 24.6 Å². The molecule has 1 aromatic heterocycles. The molecule has 0 saturated heterocycles. The molecular formula is C17H23N5O3. The second kappa shape index (κ2) is 7.18. The van der Waals surface area contributed by atoms with Crippen molar-refractivity contribution in [3.63, 3.8) is 0 Å². The van der Waals surface area contributed by atoms with Crippen LogP contribution in [0.4, 0.5) is 5.69 Å². The van der Waals surface area contributed by atoms with Crippen molar-refractivity contribution in [2.24, 2.45) is 0 Å². The Labute approximate surface area is 146 Å². The third-order valence-corrected chi connectivity index (χ3v) is 4.43. The minimum absolute atomic E-state index is 0.00540. The van der Waals surface area contributed by atoms with E-state index in [1.165, 1.54) is 0 Å². The van der Waals surface area contributed by atoms with Crippen molar-refractivity contribution in [2.75, 3.05) is 6.61 Å². The molecule has 2 unspecified atom stereocenters. The number of nitrogens with one attached hydrogen (secondary N) is 1. The van der Waals surface area contributed by atoms with Crippen LogP contribution in [0.2, 0.25) is 0 Å². The molecule has 25 heavy (non-hydrogen) atoms. The third kappa shape index (κ3) is 3.79. The van der Waals surface area contributed by atoms with E-state index in [1.54, 1.807) is 12.1 Å². The monoisotopic (exact) mass is 345 g/mol. The van der Waals surface area contributed by atoms with Crippen LogP contribution in [0.15, 0.2) is 18.2 Å². The minimum Gasteiger partial charge on any atom is -0.487 e. The maximum Gasteiger partial charge on any atom is 0.311 e. The molecule has 2 atom stereocenters. The third-order valence-electron chi connectivity index (χ3n) is 4.43. The van der Waals surface area contributed by atoms with Gasteiger partial charge in [-0.15, -0.1) is 0 Å². The molecule has 1 N–H and O–H groups in total. The molecule has 134 valence electrons.